The lowest BCUT2D eigenvalue weighted by Crippen LogP contribution is -2.10. The zero-order valence-electron chi connectivity index (χ0n) is 9.54. The highest BCUT2D eigenvalue weighted by atomic mass is 19.1. The van der Waals surface area contributed by atoms with Gasteiger partial charge in [-0.15, -0.1) is 6.58 Å². The zero-order valence-corrected chi connectivity index (χ0v) is 9.54. The number of halogens is 1. The predicted octanol–water partition coefficient (Wildman–Crippen LogP) is 2.18. The first-order valence-electron chi connectivity index (χ1n) is 5.39. The minimum absolute atomic E-state index is 0.129. The third-order valence-electron chi connectivity index (χ3n) is 2.46. The Hall–Kier alpha value is -2.14. The normalized spacial score (nSPS) is 12.3. The van der Waals surface area contributed by atoms with Gasteiger partial charge in [0.2, 0.25) is 0 Å². The van der Waals surface area contributed by atoms with Crippen LogP contribution in [0.3, 0.4) is 0 Å². The van der Waals surface area contributed by atoms with Crippen molar-refractivity contribution in [3.63, 3.8) is 0 Å². The van der Waals surface area contributed by atoms with E-state index in [0.29, 0.717) is 5.69 Å². The number of benzene rings is 1. The molecular weight excluding hydrogens is 237 g/mol. The van der Waals surface area contributed by atoms with E-state index in [9.17, 15) is 14.3 Å². The molecule has 0 saturated carbocycles. The van der Waals surface area contributed by atoms with E-state index in [2.05, 4.69) is 6.58 Å². The van der Waals surface area contributed by atoms with Crippen LogP contribution in [0, 0.1) is 5.82 Å². The van der Waals surface area contributed by atoms with E-state index >= 15 is 0 Å². The molecule has 0 fully saturated rings. The fourth-order valence-electron chi connectivity index (χ4n) is 1.59. The summed E-state index contributed by atoms with van der Waals surface area (Å²) in [4.78, 5) is 11.6. The number of rotatable bonds is 4. The summed E-state index contributed by atoms with van der Waals surface area (Å²) in [5.74, 6) is -0.989. The fraction of sp³-hybridized carbons (Fsp3) is 0.154. The molecule has 2 aromatic rings. The molecule has 0 aliphatic carbocycles. The maximum Gasteiger partial charge on any atom is 0.423 e. The molecule has 0 amide bonds. The highest BCUT2D eigenvalue weighted by Crippen LogP contribution is 2.17. The van der Waals surface area contributed by atoms with Gasteiger partial charge in [-0.05, 0) is 24.6 Å². The van der Waals surface area contributed by atoms with Gasteiger partial charge in [-0.25, -0.2) is 13.8 Å². The van der Waals surface area contributed by atoms with E-state index in [0.717, 1.165) is 4.57 Å². The smallest absolute Gasteiger partial charge is 0.410 e. The van der Waals surface area contributed by atoms with Gasteiger partial charge in [0.15, 0.2) is 5.76 Å². The molecule has 1 N–H and O–H groups in total. The van der Waals surface area contributed by atoms with E-state index in [-0.39, 0.29) is 12.2 Å². The average Bonchev–Trinajstić information content (AvgIpc) is 2.72. The SMILES string of the molecule is C=CC[C@@H](O)c1cn(-c2cccc(F)c2)c(=O)o1. The number of aliphatic hydroxyl groups is 1. The third kappa shape index (κ3) is 2.41. The quantitative estimate of drug-likeness (QED) is 0.845. The first-order chi connectivity index (χ1) is 8.61. The summed E-state index contributed by atoms with van der Waals surface area (Å²) in [6.07, 6.45) is 2.22. The van der Waals surface area contributed by atoms with Crippen LogP contribution >= 0.6 is 0 Å². The molecule has 0 radical (unpaired) electrons. The Kier molecular flexibility index (Phi) is 3.43. The summed E-state index contributed by atoms with van der Waals surface area (Å²) in [6, 6.07) is 5.55. The molecule has 1 heterocycles. The van der Waals surface area contributed by atoms with E-state index in [1.54, 1.807) is 6.07 Å². The van der Waals surface area contributed by atoms with Crippen LogP contribution in [0.5, 0.6) is 0 Å². The molecule has 1 atom stereocenters. The Morgan fingerprint density at radius 3 is 3.00 bits per heavy atom. The molecule has 0 aliphatic rings. The molecule has 0 bridgehead atoms. The summed E-state index contributed by atoms with van der Waals surface area (Å²) in [5.41, 5.74) is 0.348. The van der Waals surface area contributed by atoms with Crippen LogP contribution in [-0.4, -0.2) is 9.67 Å². The minimum Gasteiger partial charge on any atom is -0.410 e. The van der Waals surface area contributed by atoms with Crippen LogP contribution in [-0.2, 0) is 0 Å². The Balaban J connectivity index is 2.41. The van der Waals surface area contributed by atoms with Crippen LogP contribution < -0.4 is 5.76 Å². The number of aliphatic hydroxyl groups excluding tert-OH is 1. The first kappa shape index (κ1) is 12.3. The highest BCUT2D eigenvalue weighted by molar-refractivity contribution is 5.32. The lowest BCUT2D eigenvalue weighted by Gasteiger charge is -2.01. The van der Waals surface area contributed by atoms with Crippen LogP contribution in [0.15, 0.2) is 52.3 Å². The molecule has 5 heteroatoms. The van der Waals surface area contributed by atoms with Crippen molar-refractivity contribution in [1.29, 1.82) is 0 Å². The molecule has 1 aromatic heterocycles. The molecule has 0 spiro atoms. The number of aromatic nitrogens is 1. The van der Waals surface area contributed by atoms with E-state index in [1.807, 2.05) is 0 Å². The van der Waals surface area contributed by atoms with E-state index < -0.39 is 17.7 Å². The van der Waals surface area contributed by atoms with Crippen LogP contribution in [0.2, 0.25) is 0 Å². The van der Waals surface area contributed by atoms with Crippen LogP contribution in [0.1, 0.15) is 18.3 Å². The topological polar surface area (TPSA) is 55.4 Å². The lowest BCUT2D eigenvalue weighted by atomic mass is 10.2. The molecule has 2 rings (SSSR count). The number of oxazole rings is 1. The predicted molar refractivity (Wildman–Crippen MR) is 64.0 cm³/mol. The fourth-order valence-corrected chi connectivity index (χ4v) is 1.59. The number of hydrogen-bond acceptors (Lipinski definition) is 3. The van der Waals surface area contributed by atoms with Crippen molar-refractivity contribution in [2.45, 2.75) is 12.5 Å². The van der Waals surface area contributed by atoms with Crippen molar-refractivity contribution < 1.29 is 13.9 Å². The van der Waals surface area contributed by atoms with Gasteiger partial charge in [0, 0.05) is 0 Å². The van der Waals surface area contributed by atoms with Gasteiger partial charge in [0.05, 0.1) is 11.9 Å². The summed E-state index contributed by atoms with van der Waals surface area (Å²) in [7, 11) is 0. The second-order valence-corrected chi connectivity index (χ2v) is 3.79. The van der Waals surface area contributed by atoms with Crippen molar-refractivity contribution in [3.8, 4) is 5.69 Å². The molecule has 18 heavy (non-hydrogen) atoms. The van der Waals surface area contributed by atoms with Gasteiger partial charge >= 0.3 is 5.76 Å². The van der Waals surface area contributed by atoms with Gasteiger partial charge in [-0.3, -0.25) is 0 Å². The largest absolute Gasteiger partial charge is 0.423 e. The molecule has 4 nitrogen and oxygen atoms in total. The second-order valence-electron chi connectivity index (χ2n) is 3.79. The van der Waals surface area contributed by atoms with Crippen molar-refractivity contribution >= 4 is 0 Å². The van der Waals surface area contributed by atoms with Crippen LogP contribution in [0.25, 0.3) is 5.69 Å². The summed E-state index contributed by atoms with van der Waals surface area (Å²) >= 11 is 0. The molecule has 0 unspecified atom stereocenters. The molecule has 1 aromatic carbocycles. The number of nitrogens with zero attached hydrogens (tertiary/aromatic N) is 1. The Bertz CT molecular complexity index is 615. The van der Waals surface area contributed by atoms with Gasteiger partial charge in [-0.2, -0.15) is 0 Å². The lowest BCUT2D eigenvalue weighted by molar-refractivity contribution is 0.151. The Morgan fingerprint density at radius 1 is 1.56 bits per heavy atom. The van der Waals surface area contributed by atoms with Crippen molar-refractivity contribution in [2.24, 2.45) is 0 Å². The van der Waals surface area contributed by atoms with Crippen LogP contribution in [0.4, 0.5) is 4.39 Å². The van der Waals surface area contributed by atoms with Gasteiger partial charge in [0.1, 0.15) is 11.9 Å². The van der Waals surface area contributed by atoms with Crippen molar-refractivity contribution in [1.82, 2.24) is 4.57 Å². The summed E-state index contributed by atoms with van der Waals surface area (Å²) < 4.78 is 19.1. The third-order valence-corrected chi connectivity index (χ3v) is 2.46. The highest BCUT2D eigenvalue weighted by Gasteiger charge is 2.14. The van der Waals surface area contributed by atoms with E-state index in [1.165, 1.54) is 30.5 Å². The van der Waals surface area contributed by atoms with Gasteiger partial charge in [0.25, 0.3) is 0 Å². The first-order valence-corrected chi connectivity index (χ1v) is 5.39. The summed E-state index contributed by atoms with van der Waals surface area (Å²) in [5, 5.41) is 9.67. The van der Waals surface area contributed by atoms with Crippen molar-refractivity contribution in [3.05, 3.63) is 65.2 Å². The zero-order chi connectivity index (χ0) is 13.1. The van der Waals surface area contributed by atoms with Gasteiger partial charge in [-0.1, -0.05) is 12.1 Å². The monoisotopic (exact) mass is 249 g/mol. The molecule has 0 saturated heterocycles. The molecular formula is C13H12FNO3. The van der Waals surface area contributed by atoms with Gasteiger partial charge < -0.3 is 9.52 Å². The molecule has 0 aliphatic heterocycles. The minimum atomic E-state index is -0.926. The maximum atomic E-state index is 13.1. The molecule has 94 valence electrons. The standard InChI is InChI=1S/C13H12FNO3/c1-2-4-11(16)12-8-15(13(17)18-12)10-6-3-5-9(14)7-10/h2-3,5-8,11,16H,1,4H2/t11-/m1/s1. The van der Waals surface area contributed by atoms with E-state index in [4.69, 9.17) is 4.42 Å². The summed E-state index contributed by atoms with van der Waals surface area (Å²) in [6.45, 7) is 3.49. The van der Waals surface area contributed by atoms with Crippen molar-refractivity contribution in [2.75, 3.05) is 0 Å². The Morgan fingerprint density at radius 2 is 2.33 bits per heavy atom. The maximum absolute atomic E-state index is 13.1. The average molecular weight is 249 g/mol. The second kappa shape index (κ2) is 5.01. The number of hydrogen-bond donors (Lipinski definition) is 1. The Labute approximate surface area is 103 Å².